The van der Waals surface area contributed by atoms with Gasteiger partial charge in [-0.2, -0.15) is 0 Å². The molecule has 1 aliphatic rings. The summed E-state index contributed by atoms with van der Waals surface area (Å²) in [5.74, 6) is 0.516. The highest BCUT2D eigenvalue weighted by molar-refractivity contribution is 7.15. The molecule has 0 radical (unpaired) electrons. The lowest BCUT2D eigenvalue weighted by Crippen LogP contribution is -2.41. The highest BCUT2D eigenvalue weighted by Gasteiger charge is 2.26. The Morgan fingerprint density at radius 3 is 3.04 bits per heavy atom. The summed E-state index contributed by atoms with van der Waals surface area (Å²) < 4.78 is 7.24. The average molecular weight is 384 g/mol. The number of ether oxygens (including phenoxy) is 1. The van der Waals surface area contributed by atoms with Gasteiger partial charge in [-0.1, -0.05) is 17.7 Å². The summed E-state index contributed by atoms with van der Waals surface area (Å²) in [6.07, 6.45) is 4.15. The van der Waals surface area contributed by atoms with Crippen LogP contribution in [0.4, 0.5) is 0 Å². The number of thiazole rings is 1. The number of hydrogen-bond acceptors (Lipinski definition) is 4. The molecule has 142 valence electrons. The fraction of sp³-hybridized carbons (Fsp3) is 0.429. The van der Waals surface area contributed by atoms with Gasteiger partial charge in [0.25, 0.3) is 5.91 Å². The summed E-state index contributed by atoms with van der Waals surface area (Å²) in [6.45, 7) is 6.48. The number of piperidine rings is 1. The molecular weight excluding hydrogens is 358 g/mol. The maximum atomic E-state index is 13.1. The van der Waals surface area contributed by atoms with E-state index in [1.807, 2.05) is 20.9 Å². The standard InChI is InChI=1S/C21H25N3O2S/c1-14-6-7-15(2)17(9-14)18-11-24-19(13-27-21(24)22-18)20(25)23-8-4-5-16(10-23)12-26-3/h6-7,9,11,13,16H,4-5,8,10,12H2,1-3H3/t16-/m1/s1. The third kappa shape index (κ3) is 3.51. The van der Waals surface area contributed by atoms with E-state index < -0.39 is 0 Å². The highest BCUT2D eigenvalue weighted by Crippen LogP contribution is 2.28. The van der Waals surface area contributed by atoms with Crippen molar-refractivity contribution in [2.24, 2.45) is 5.92 Å². The number of aromatic nitrogens is 2. The molecule has 6 heteroatoms. The number of imidazole rings is 1. The van der Waals surface area contributed by atoms with Crippen LogP contribution in [0.3, 0.4) is 0 Å². The van der Waals surface area contributed by atoms with Crippen molar-refractivity contribution in [3.8, 4) is 11.3 Å². The predicted molar refractivity (Wildman–Crippen MR) is 108 cm³/mol. The van der Waals surface area contributed by atoms with Gasteiger partial charge in [-0.15, -0.1) is 11.3 Å². The van der Waals surface area contributed by atoms with Gasteiger partial charge < -0.3 is 9.64 Å². The molecule has 4 rings (SSSR count). The van der Waals surface area contributed by atoms with Crippen molar-refractivity contribution < 1.29 is 9.53 Å². The number of aryl methyl sites for hydroxylation is 2. The molecule has 1 amide bonds. The summed E-state index contributed by atoms with van der Waals surface area (Å²) in [5.41, 5.74) is 5.16. The van der Waals surface area contributed by atoms with Crippen LogP contribution in [-0.4, -0.2) is 47.0 Å². The molecule has 0 aliphatic carbocycles. The number of methoxy groups -OCH3 is 1. The zero-order valence-corrected chi connectivity index (χ0v) is 16.9. The van der Waals surface area contributed by atoms with Crippen molar-refractivity contribution >= 4 is 22.2 Å². The molecular formula is C21H25N3O2S. The van der Waals surface area contributed by atoms with Crippen LogP contribution in [0.15, 0.2) is 29.8 Å². The second kappa shape index (κ2) is 7.44. The lowest BCUT2D eigenvalue weighted by molar-refractivity contribution is 0.0565. The molecule has 1 saturated heterocycles. The Balaban J connectivity index is 1.64. The van der Waals surface area contributed by atoms with Crippen LogP contribution < -0.4 is 0 Å². The Morgan fingerprint density at radius 1 is 1.37 bits per heavy atom. The SMILES string of the molecule is COC[C@@H]1CCCN(C(=O)c2csc3nc(-c4cc(C)ccc4C)cn23)C1. The van der Waals surface area contributed by atoms with Gasteiger partial charge in [0.1, 0.15) is 5.69 Å². The van der Waals surface area contributed by atoms with Crippen molar-refractivity contribution in [3.63, 3.8) is 0 Å². The number of carbonyl (C=O) groups is 1. The number of likely N-dealkylation sites (tertiary alicyclic amines) is 1. The van der Waals surface area contributed by atoms with Crippen LogP contribution in [0.5, 0.6) is 0 Å². The van der Waals surface area contributed by atoms with Gasteiger partial charge in [0.2, 0.25) is 0 Å². The smallest absolute Gasteiger partial charge is 0.271 e. The van der Waals surface area contributed by atoms with Crippen molar-refractivity contribution in [3.05, 3.63) is 46.6 Å². The Hall–Kier alpha value is -2.18. The van der Waals surface area contributed by atoms with Crippen LogP contribution >= 0.6 is 11.3 Å². The number of nitrogens with zero attached hydrogens (tertiary/aromatic N) is 3. The van der Waals surface area contributed by atoms with Crippen LogP contribution in [-0.2, 0) is 4.74 Å². The first-order valence-electron chi connectivity index (χ1n) is 9.39. The monoisotopic (exact) mass is 383 g/mol. The zero-order valence-electron chi connectivity index (χ0n) is 16.1. The van der Waals surface area contributed by atoms with Crippen molar-refractivity contribution in [1.29, 1.82) is 0 Å². The van der Waals surface area contributed by atoms with E-state index in [-0.39, 0.29) is 5.91 Å². The normalized spacial score (nSPS) is 17.6. The van der Waals surface area contributed by atoms with E-state index in [1.54, 1.807) is 7.11 Å². The van der Waals surface area contributed by atoms with E-state index in [4.69, 9.17) is 9.72 Å². The van der Waals surface area contributed by atoms with Gasteiger partial charge in [-0.05, 0) is 44.2 Å². The highest BCUT2D eigenvalue weighted by atomic mass is 32.1. The van der Waals surface area contributed by atoms with E-state index in [9.17, 15) is 4.79 Å². The third-order valence-corrected chi connectivity index (χ3v) is 6.15. The molecule has 3 heterocycles. The molecule has 0 saturated carbocycles. The summed E-state index contributed by atoms with van der Waals surface area (Å²) in [7, 11) is 1.73. The van der Waals surface area contributed by atoms with Crippen LogP contribution in [0, 0.1) is 19.8 Å². The Labute approximate surface area is 163 Å². The second-order valence-electron chi connectivity index (χ2n) is 7.43. The molecule has 0 spiro atoms. The molecule has 1 aromatic carbocycles. The van der Waals surface area contributed by atoms with Crippen molar-refractivity contribution in [2.75, 3.05) is 26.8 Å². The minimum Gasteiger partial charge on any atom is -0.384 e. The number of rotatable bonds is 4. The molecule has 27 heavy (non-hydrogen) atoms. The summed E-state index contributed by atoms with van der Waals surface area (Å²) in [5, 5.41) is 1.93. The number of hydrogen-bond donors (Lipinski definition) is 0. The van der Waals surface area contributed by atoms with E-state index in [0.717, 1.165) is 42.1 Å². The number of carbonyl (C=O) groups excluding carboxylic acids is 1. The molecule has 0 N–H and O–H groups in total. The number of fused-ring (bicyclic) bond motifs is 1. The molecule has 0 unspecified atom stereocenters. The van der Waals surface area contributed by atoms with Gasteiger partial charge in [-0.25, -0.2) is 4.98 Å². The zero-order chi connectivity index (χ0) is 19.0. The maximum absolute atomic E-state index is 13.1. The molecule has 2 aromatic heterocycles. The maximum Gasteiger partial charge on any atom is 0.271 e. The van der Waals surface area contributed by atoms with Gasteiger partial charge in [-0.3, -0.25) is 9.20 Å². The van der Waals surface area contributed by atoms with E-state index in [0.29, 0.717) is 18.2 Å². The third-order valence-electron chi connectivity index (χ3n) is 5.31. The van der Waals surface area contributed by atoms with Gasteiger partial charge in [0.15, 0.2) is 4.96 Å². The van der Waals surface area contributed by atoms with Crippen molar-refractivity contribution in [1.82, 2.24) is 14.3 Å². The Bertz CT molecular complexity index is 973. The first-order chi connectivity index (χ1) is 13.1. The largest absolute Gasteiger partial charge is 0.384 e. The van der Waals surface area contributed by atoms with Gasteiger partial charge in [0, 0.05) is 37.3 Å². The van der Waals surface area contributed by atoms with E-state index in [2.05, 4.69) is 32.0 Å². The van der Waals surface area contributed by atoms with Crippen LogP contribution in [0.2, 0.25) is 0 Å². The van der Waals surface area contributed by atoms with Gasteiger partial charge >= 0.3 is 0 Å². The summed E-state index contributed by atoms with van der Waals surface area (Å²) in [4.78, 5) is 20.7. The quantitative estimate of drug-likeness (QED) is 0.679. The number of benzene rings is 1. The van der Waals surface area contributed by atoms with Crippen molar-refractivity contribution in [2.45, 2.75) is 26.7 Å². The predicted octanol–water partition coefficient (Wildman–Crippen LogP) is 4.18. The first kappa shape index (κ1) is 18.2. The molecule has 3 aromatic rings. The molecule has 1 fully saturated rings. The Kier molecular flexibility index (Phi) is 5.02. The molecule has 0 bridgehead atoms. The lowest BCUT2D eigenvalue weighted by atomic mass is 9.99. The number of amides is 1. The van der Waals surface area contributed by atoms with Gasteiger partial charge in [0.05, 0.1) is 12.3 Å². The molecule has 1 aliphatic heterocycles. The summed E-state index contributed by atoms with van der Waals surface area (Å²) >= 11 is 1.52. The first-order valence-corrected chi connectivity index (χ1v) is 10.3. The molecule has 5 nitrogen and oxygen atoms in total. The fourth-order valence-corrected chi connectivity index (χ4v) is 4.71. The lowest BCUT2D eigenvalue weighted by Gasteiger charge is -2.32. The van der Waals surface area contributed by atoms with Crippen LogP contribution in [0.25, 0.3) is 16.2 Å². The minimum absolute atomic E-state index is 0.0898. The molecule has 1 atom stereocenters. The van der Waals surface area contributed by atoms with Crippen LogP contribution in [0.1, 0.15) is 34.5 Å². The van der Waals surface area contributed by atoms with E-state index in [1.165, 1.54) is 22.5 Å². The Morgan fingerprint density at radius 2 is 2.22 bits per heavy atom. The van der Waals surface area contributed by atoms with E-state index >= 15 is 0 Å². The average Bonchev–Trinajstić information content (AvgIpc) is 3.24. The summed E-state index contributed by atoms with van der Waals surface area (Å²) in [6, 6.07) is 6.39. The topological polar surface area (TPSA) is 46.8 Å². The minimum atomic E-state index is 0.0898. The second-order valence-corrected chi connectivity index (χ2v) is 8.27. The fourth-order valence-electron chi connectivity index (χ4n) is 3.86.